The standard InChI is InChI=1S/C8H7F2NO3S/c9-6-1-5(2-7(10)3-6)8-4-14-15(12,13)11-8/h1-3,8,11H,4H2/t8-/m0/s1. The molecule has 7 heteroatoms. The molecule has 0 amide bonds. The summed E-state index contributed by atoms with van der Waals surface area (Å²) in [4.78, 5) is 0. The lowest BCUT2D eigenvalue weighted by Crippen LogP contribution is -2.19. The maximum atomic E-state index is 12.8. The fraction of sp³-hybridized carbons (Fsp3) is 0.250. The van der Waals surface area contributed by atoms with Crippen LogP contribution in [-0.4, -0.2) is 15.0 Å². The van der Waals surface area contributed by atoms with Crippen LogP contribution in [0.4, 0.5) is 8.78 Å². The highest BCUT2D eigenvalue weighted by Gasteiger charge is 2.29. The summed E-state index contributed by atoms with van der Waals surface area (Å²) >= 11 is 0. The molecular formula is C8H7F2NO3S. The van der Waals surface area contributed by atoms with Gasteiger partial charge in [0.15, 0.2) is 0 Å². The van der Waals surface area contributed by atoms with Gasteiger partial charge in [-0.05, 0) is 17.7 Å². The molecule has 1 aliphatic heterocycles. The van der Waals surface area contributed by atoms with Gasteiger partial charge in [-0.25, -0.2) is 8.78 Å². The molecule has 15 heavy (non-hydrogen) atoms. The Balaban J connectivity index is 2.31. The molecule has 0 aliphatic carbocycles. The van der Waals surface area contributed by atoms with E-state index in [9.17, 15) is 17.2 Å². The SMILES string of the molecule is O=S1(=O)N[C@H](c2cc(F)cc(F)c2)CO1. The fourth-order valence-corrected chi connectivity index (χ4v) is 2.28. The van der Waals surface area contributed by atoms with E-state index in [1.807, 2.05) is 0 Å². The first-order valence-corrected chi connectivity index (χ1v) is 5.50. The summed E-state index contributed by atoms with van der Waals surface area (Å²) in [5.41, 5.74) is 0.202. The van der Waals surface area contributed by atoms with Crippen molar-refractivity contribution in [3.05, 3.63) is 35.4 Å². The summed E-state index contributed by atoms with van der Waals surface area (Å²) in [6, 6.07) is 2.10. The zero-order chi connectivity index (χ0) is 11.1. The van der Waals surface area contributed by atoms with Gasteiger partial charge in [0.2, 0.25) is 0 Å². The maximum absolute atomic E-state index is 12.8. The Morgan fingerprint density at radius 3 is 2.33 bits per heavy atom. The first-order valence-electron chi connectivity index (χ1n) is 4.09. The number of halogens is 2. The molecule has 1 heterocycles. The smallest absolute Gasteiger partial charge is 0.256 e. The number of hydrogen-bond acceptors (Lipinski definition) is 3. The molecule has 1 fully saturated rings. The molecule has 0 spiro atoms. The predicted molar refractivity (Wildman–Crippen MR) is 47.1 cm³/mol. The lowest BCUT2D eigenvalue weighted by Gasteiger charge is -2.06. The summed E-state index contributed by atoms with van der Waals surface area (Å²) in [6.07, 6.45) is 0. The van der Waals surface area contributed by atoms with Gasteiger partial charge in [0.25, 0.3) is 0 Å². The van der Waals surface area contributed by atoms with E-state index in [-0.39, 0.29) is 12.2 Å². The Bertz CT molecular complexity index is 468. The van der Waals surface area contributed by atoms with Gasteiger partial charge in [-0.2, -0.15) is 13.1 Å². The van der Waals surface area contributed by atoms with Gasteiger partial charge < -0.3 is 0 Å². The second-order valence-corrected chi connectivity index (χ2v) is 4.49. The molecule has 0 aromatic heterocycles. The molecule has 1 atom stereocenters. The summed E-state index contributed by atoms with van der Waals surface area (Å²) in [5.74, 6) is -1.51. The van der Waals surface area contributed by atoms with E-state index in [4.69, 9.17) is 0 Å². The van der Waals surface area contributed by atoms with Gasteiger partial charge >= 0.3 is 10.3 Å². The predicted octanol–water partition coefficient (Wildman–Crippen LogP) is 0.871. The number of rotatable bonds is 1. The third-order valence-corrected chi connectivity index (χ3v) is 2.98. The Hall–Kier alpha value is -1.05. The summed E-state index contributed by atoms with van der Waals surface area (Å²) in [6.45, 7) is -0.161. The molecule has 1 aromatic carbocycles. The van der Waals surface area contributed by atoms with Crippen LogP contribution in [0.1, 0.15) is 11.6 Å². The van der Waals surface area contributed by atoms with Crippen LogP contribution < -0.4 is 4.72 Å². The van der Waals surface area contributed by atoms with Crippen LogP contribution in [0.2, 0.25) is 0 Å². The van der Waals surface area contributed by atoms with Gasteiger partial charge in [0.1, 0.15) is 11.6 Å². The first-order chi connectivity index (χ1) is 6.96. The molecule has 0 bridgehead atoms. The summed E-state index contributed by atoms with van der Waals surface area (Å²) < 4.78 is 53.9. The van der Waals surface area contributed by atoms with E-state index < -0.39 is 28.0 Å². The van der Waals surface area contributed by atoms with Crippen molar-refractivity contribution < 1.29 is 21.4 Å². The number of benzene rings is 1. The van der Waals surface area contributed by atoms with Crippen molar-refractivity contribution in [3.63, 3.8) is 0 Å². The zero-order valence-corrected chi connectivity index (χ0v) is 8.22. The second-order valence-electron chi connectivity index (χ2n) is 3.11. The molecule has 0 unspecified atom stereocenters. The summed E-state index contributed by atoms with van der Waals surface area (Å²) in [5, 5.41) is 0. The van der Waals surface area contributed by atoms with Crippen LogP contribution in [0, 0.1) is 11.6 Å². The number of nitrogens with one attached hydrogen (secondary N) is 1. The van der Waals surface area contributed by atoms with E-state index in [2.05, 4.69) is 8.91 Å². The Morgan fingerprint density at radius 1 is 1.27 bits per heavy atom. The fourth-order valence-electron chi connectivity index (χ4n) is 1.34. The average Bonchev–Trinajstić information content (AvgIpc) is 2.44. The van der Waals surface area contributed by atoms with E-state index in [1.165, 1.54) is 0 Å². The minimum absolute atomic E-state index is 0.161. The van der Waals surface area contributed by atoms with Gasteiger partial charge in [-0.3, -0.25) is 4.18 Å². The van der Waals surface area contributed by atoms with Crippen molar-refractivity contribution in [1.29, 1.82) is 0 Å². The average molecular weight is 235 g/mol. The highest BCUT2D eigenvalue weighted by atomic mass is 32.2. The lowest BCUT2D eigenvalue weighted by molar-refractivity contribution is 0.338. The lowest BCUT2D eigenvalue weighted by atomic mass is 10.1. The van der Waals surface area contributed by atoms with Crippen LogP contribution in [0.25, 0.3) is 0 Å². The van der Waals surface area contributed by atoms with E-state index in [0.717, 1.165) is 12.1 Å². The van der Waals surface area contributed by atoms with Crippen molar-refractivity contribution in [2.45, 2.75) is 6.04 Å². The molecule has 82 valence electrons. The second kappa shape index (κ2) is 3.51. The quantitative estimate of drug-likeness (QED) is 0.785. The monoisotopic (exact) mass is 235 g/mol. The zero-order valence-electron chi connectivity index (χ0n) is 7.41. The van der Waals surface area contributed by atoms with E-state index in [1.54, 1.807) is 0 Å². The van der Waals surface area contributed by atoms with Crippen molar-refractivity contribution in [2.24, 2.45) is 0 Å². The molecule has 1 N–H and O–H groups in total. The normalized spacial score (nSPS) is 24.3. The van der Waals surface area contributed by atoms with Gasteiger partial charge in [-0.1, -0.05) is 0 Å². The molecule has 4 nitrogen and oxygen atoms in total. The Morgan fingerprint density at radius 2 is 1.87 bits per heavy atom. The molecule has 1 aromatic rings. The number of hydrogen-bond donors (Lipinski definition) is 1. The minimum atomic E-state index is -3.76. The topological polar surface area (TPSA) is 55.4 Å². The largest absolute Gasteiger partial charge is 0.336 e. The molecule has 0 radical (unpaired) electrons. The Kier molecular flexibility index (Phi) is 2.45. The van der Waals surface area contributed by atoms with E-state index in [0.29, 0.717) is 6.07 Å². The van der Waals surface area contributed by atoms with Crippen molar-refractivity contribution >= 4 is 10.3 Å². The molecule has 1 aliphatic rings. The van der Waals surface area contributed by atoms with Crippen molar-refractivity contribution in [2.75, 3.05) is 6.61 Å². The third kappa shape index (κ3) is 2.31. The van der Waals surface area contributed by atoms with Crippen LogP contribution in [0.3, 0.4) is 0 Å². The summed E-state index contributed by atoms with van der Waals surface area (Å²) in [7, 11) is -3.76. The maximum Gasteiger partial charge on any atom is 0.336 e. The molecular weight excluding hydrogens is 228 g/mol. The highest BCUT2D eigenvalue weighted by Crippen LogP contribution is 2.22. The highest BCUT2D eigenvalue weighted by molar-refractivity contribution is 7.84. The molecule has 2 rings (SSSR count). The van der Waals surface area contributed by atoms with Gasteiger partial charge in [0, 0.05) is 6.07 Å². The van der Waals surface area contributed by atoms with Gasteiger partial charge in [0.05, 0.1) is 12.6 Å². The van der Waals surface area contributed by atoms with Crippen LogP contribution in [-0.2, 0) is 14.5 Å². The van der Waals surface area contributed by atoms with Crippen molar-refractivity contribution in [1.82, 2.24) is 4.72 Å². The van der Waals surface area contributed by atoms with E-state index >= 15 is 0 Å². The van der Waals surface area contributed by atoms with Crippen LogP contribution >= 0.6 is 0 Å². The van der Waals surface area contributed by atoms with Gasteiger partial charge in [-0.15, -0.1) is 0 Å². The van der Waals surface area contributed by atoms with Crippen molar-refractivity contribution in [3.8, 4) is 0 Å². The Labute approximate surface area is 85.1 Å². The van der Waals surface area contributed by atoms with Crippen LogP contribution in [0.5, 0.6) is 0 Å². The third-order valence-electron chi connectivity index (χ3n) is 1.96. The first kappa shape index (κ1) is 10.5. The molecule has 0 saturated carbocycles. The minimum Gasteiger partial charge on any atom is -0.256 e. The van der Waals surface area contributed by atoms with Crippen LogP contribution in [0.15, 0.2) is 18.2 Å². The molecule has 1 saturated heterocycles.